The molecule has 122 valence electrons. The lowest BCUT2D eigenvalue weighted by molar-refractivity contribution is -0.130. The topological polar surface area (TPSA) is 73.1 Å². The Morgan fingerprint density at radius 1 is 1.35 bits per heavy atom. The summed E-state index contributed by atoms with van der Waals surface area (Å²) < 4.78 is 8.11. The zero-order valence-electron chi connectivity index (χ0n) is 13.5. The zero-order chi connectivity index (χ0) is 16.0. The Hall–Kier alpha value is -2.18. The van der Waals surface area contributed by atoms with Crippen molar-refractivity contribution in [3.8, 4) is 5.88 Å². The predicted octanol–water partition coefficient (Wildman–Crippen LogP) is 1.63. The third-order valence-corrected chi connectivity index (χ3v) is 4.68. The first-order valence-corrected chi connectivity index (χ1v) is 8.29. The molecule has 0 aromatic carbocycles. The van der Waals surface area contributed by atoms with Gasteiger partial charge in [0.25, 0.3) is 0 Å². The maximum atomic E-state index is 11.8. The Bertz CT molecular complexity index is 752. The minimum Gasteiger partial charge on any atom is -0.471 e. The number of nitrogens with zero attached hydrogens (tertiary/aromatic N) is 5. The minimum absolute atomic E-state index is 0.0185. The Morgan fingerprint density at radius 2 is 2.17 bits per heavy atom. The number of imidazole rings is 1. The Balaban J connectivity index is 1.57. The second kappa shape index (κ2) is 5.47. The van der Waals surface area contributed by atoms with E-state index in [9.17, 15) is 4.79 Å². The third kappa shape index (κ3) is 2.54. The molecule has 2 aromatic rings. The number of hydrogen-bond acceptors (Lipinski definition) is 5. The molecule has 1 aliphatic carbocycles. The molecule has 1 saturated heterocycles. The Kier molecular flexibility index (Phi) is 3.43. The maximum absolute atomic E-state index is 11.8. The Labute approximate surface area is 134 Å². The van der Waals surface area contributed by atoms with Crippen molar-refractivity contribution >= 4 is 17.1 Å². The molecule has 0 radical (unpaired) electrons. The molecule has 0 spiro atoms. The summed E-state index contributed by atoms with van der Waals surface area (Å²) in [6, 6.07) is 0. The van der Waals surface area contributed by atoms with Gasteiger partial charge in [0, 0.05) is 32.4 Å². The minimum atomic E-state index is -0.0185. The van der Waals surface area contributed by atoms with Crippen molar-refractivity contribution in [1.82, 2.24) is 24.4 Å². The van der Waals surface area contributed by atoms with Crippen LogP contribution in [0.25, 0.3) is 11.2 Å². The van der Waals surface area contributed by atoms with Crippen LogP contribution in [0.1, 0.15) is 44.3 Å². The van der Waals surface area contributed by atoms with Crippen molar-refractivity contribution in [3.63, 3.8) is 0 Å². The number of rotatable bonds is 4. The van der Waals surface area contributed by atoms with Crippen LogP contribution in [0.15, 0.2) is 6.33 Å². The first-order valence-electron chi connectivity index (χ1n) is 8.29. The summed E-state index contributed by atoms with van der Waals surface area (Å²) in [5.74, 6) is 2.33. The molecule has 2 fully saturated rings. The van der Waals surface area contributed by atoms with Gasteiger partial charge in [0.2, 0.25) is 11.8 Å². The number of hydrogen-bond donors (Lipinski definition) is 0. The summed E-state index contributed by atoms with van der Waals surface area (Å²) in [6.45, 7) is 3.26. The van der Waals surface area contributed by atoms with Gasteiger partial charge in [-0.1, -0.05) is 6.92 Å². The van der Waals surface area contributed by atoms with Crippen LogP contribution in [0, 0.1) is 0 Å². The van der Waals surface area contributed by atoms with E-state index in [0.717, 1.165) is 30.0 Å². The van der Waals surface area contributed by atoms with E-state index in [1.54, 1.807) is 0 Å². The van der Waals surface area contributed by atoms with Gasteiger partial charge in [-0.3, -0.25) is 4.79 Å². The monoisotopic (exact) mass is 315 g/mol. The van der Waals surface area contributed by atoms with Crippen LogP contribution in [0.3, 0.4) is 0 Å². The molecule has 2 aliphatic rings. The normalized spacial score (nSPS) is 21.1. The van der Waals surface area contributed by atoms with Crippen LogP contribution in [-0.2, 0) is 11.8 Å². The molecule has 23 heavy (non-hydrogen) atoms. The fourth-order valence-electron chi connectivity index (χ4n) is 3.22. The van der Waals surface area contributed by atoms with Gasteiger partial charge in [-0.2, -0.15) is 4.98 Å². The van der Waals surface area contributed by atoms with Crippen molar-refractivity contribution in [2.24, 2.45) is 7.05 Å². The first-order chi connectivity index (χ1) is 11.2. The molecule has 7 nitrogen and oxygen atoms in total. The van der Waals surface area contributed by atoms with E-state index >= 15 is 0 Å². The number of fused-ring (bicyclic) bond motifs is 1. The van der Waals surface area contributed by atoms with E-state index in [1.165, 1.54) is 19.2 Å². The summed E-state index contributed by atoms with van der Waals surface area (Å²) in [5, 5.41) is 0. The molecule has 0 unspecified atom stereocenters. The first kappa shape index (κ1) is 14.4. The lowest BCUT2D eigenvalue weighted by Gasteiger charge is -2.16. The average Bonchev–Trinajstić information content (AvgIpc) is 3.21. The zero-order valence-corrected chi connectivity index (χ0v) is 13.5. The van der Waals surface area contributed by atoms with Crippen molar-refractivity contribution in [3.05, 3.63) is 12.2 Å². The number of carbonyl (C=O) groups excluding carboxylic acids is 1. The molecule has 0 N–H and O–H groups in total. The SMILES string of the molecule is CCC(=O)N1CC[C@H](Oc2ncnc3c2nc(C2CC2)n3C)C1. The summed E-state index contributed by atoms with van der Waals surface area (Å²) in [4.78, 5) is 27.0. The van der Waals surface area contributed by atoms with Crippen molar-refractivity contribution in [2.45, 2.75) is 44.6 Å². The molecule has 0 bridgehead atoms. The van der Waals surface area contributed by atoms with Crippen LogP contribution in [0.4, 0.5) is 0 Å². The number of aryl methyl sites for hydroxylation is 1. The van der Waals surface area contributed by atoms with Crippen molar-refractivity contribution in [2.75, 3.05) is 13.1 Å². The molecule has 3 heterocycles. The number of amides is 1. The van der Waals surface area contributed by atoms with Gasteiger partial charge in [0.05, 0.1) is 6.54 Å². The van der Waals surface area contributed by atoms with Crippen LogP contribution in [-0.4, -0.2) is 49.5 Å². The fourth-order valence-corrected chi connectivity index (χ4v) is 3.22. The van der Waals surface area contributed by atoms with Crippen LogP contribution in [0.5, 0.6) is 5.88 Å². The molecule has 2 aromatic heterocycles. The van der Waals surface area contributed by atoms with E-state index in [2.05, 4.69) is 9.97 Å². The number of ether oxygens (including phenoxy) is 1. The van der Waals surface area contributed by atoms with Gasteiger partial charge in [0.1, 0.15) is 18.3 Å². The standard InChI is InChI=1S/C16H21N5O2/c1-3-12(22)21-7-6-11(8-21)23-16-13-15(17-9-18-16)20(2)14(19-13)10-4-5-10/h9-11H,3-8H2,1-2H3/t11-/m0/s1. The highest BCUT2D eigenvalue weighted by Gasteiger charge is 2.31. The second-order valence-corrected chi connectivity index (χ2v) is 6.38. The van der Waals surface area contributed by atoms with Gasteiger partial charge >= 0.3 is 0 Å². The number of carbonyl (C=O) groups is 1. The summed E-state index contributed by atoms with van der Waals surface area (Å²) in [6.07, 6.45) is 5.26. The Morgan fingerprint density at radius 3 is 2.91 bits per heavy atom. The molecule has 1 amide bonds. The predicted molar refractivity (Wildman–Crippen MR) is 84.2 cm³/mol. The van der Waals surface area contributed by atoms with Gasteiger partial charge in [-0.15, -0.1) is 0 Å². The van der Waals surface area contributed by atoms with Crippen LogP contribution >= 0.6 is 0 Å². The van der Waals surface area contributed by atoms with Crippen molar-refractivity contribution in [1.29, 1.82) is 0 Å². The summed E-state index contributed by atoms with van der Waals surface area (Å²) in [7, 11) is 2.00. The largest absolute Gasteiger partial charge is 0.471 e. The van der Waals surface area contributed by atoms with Gasteiger partial charge < -0.3 is 14.2 Å². The molecular formula is C16H21N5O2. The summed E-state index contributed by atoms with van der Waals surface area (Å²) in [5.41, 5.74) is 1.55. The molecule has 1 saturated carbocycles. The van der Waals surface area contributed by atoms with Gasteiger partial charge in [0.15, 0.2) is 11.2 Å². The second-order valence-electron chi connectivity index (χ2n) is 6.38. The molecule has 7 heteroatoms. The lowest BCUT2D eigenvalue weighted by atomic mass is 10.3. The highest BCUT2D eigenvalue weighted by atomic mass is 16.5. The number of likely N-dealkylation sites (tertiary alicyclic amines) is 1. The molecule has 4 rings (SSSR count). The number of aromatic nitrogens is 4. The highest BCUT2D eigenvalue weighted by Crippen LogP contribution is 2.40. The molecule has 1 aliphatic heterocycles. The van der Waals surface area contributed by atoms with Crippen molar-refractivity contribution < 1.29 is 9.53 Å². The van der Waals surface area contributed by atoms with Gasteiger partial charge in [-0.25, -0.2) is 9.97 Å². The molecular weight excluding hydrogens is 294 g/mol. The van der Waals surface area contributed by atoms with E-state index in [4.69, 9.17) is 9.72 Å². The maximum Gasteiger partial charge on any atom is 0.245 e. The van der Waals surface area contributed by atoms with Gasteiger partial charge in [-0.05, 0) is 12.8 Å². The van der Waals surface area contributed by atoms with E-state index in [-0.39, 0.29) is 12.0 Å². The fraction of sp³-hybridized carbons (Fsp3) is 0.625. The lowest BCUT2D eigenvalue weighted by Crippen LogP contribution is -2.30. The smallest absolute Gasteiger partial charge is 0.245 e. The third-order valence-electron chi connectivity index (χ3n) is 4.68. The van der Waals surface area contributed by atoms with Crippen LogP contribution < -0.4 is 4.74 Å². The summed E-state index contributed by atoms with van der Waals surface area (Å²) >= 11 is 0. The highest BCUT2D eigenvalue weighted by molar-refractivity contribution is 5.77. The average molecular weight is 315 g/mol. The van der Waals surface area contributed by atoms with E-state index < -0.39 is 0 Å². The van der Waals surface area contributed by atoms with E-state index in [0.29, 0.717) is 24.8 Å². The quantitative estimate of drug-likeness (QED) is 0.857. The molecule has 1 atom stereocenters. The van der Waals surface area contributed by atoms with E-state index in [1.807, 2.05) is 23.4 Å². The van der Waals surface area contributed by atoms with Crippen LogP contribution in [0.2, 0.25) is 0 Å².